The average molecular weight is 365 g/mol. The van der Waals surface area contributed by atoms with Crippen LogP contribution >= 0.6 is 12.4 Å². The topological polar surface area (TPSA) is 73.6 Å². The summed E-state index contributed by atoms with van der Waals surface area (Å²) in [4.78, 5) is 12.0. The van der Waals surface area contributed by atoms with Gasteiger partial charge in [-0.3, -0.25) is 4.79 Å². The number of carbonyl (C=O) groups excluding carboxylic acids is 1. The second kappa shape index (κ2) is 10.7. The number of carbonyl (C=O) groups is 1. The zero-order valence-corrected chi connectivity index (χ0v) is 15.3. The minimum Gasteiger partial charge on any atom is -0.457 e. The van der Waals surface area contributed by atoms with Crippen molar-refractivity contribution in [2.75, 3.05) is 13.7 Å². The Morgan fingerprint density at radius 3 is 2.56 bits per heavy atom. The predicted octanol–water partition coefficient (Wildman–Crippen LogP) is 3.19. The van der Waals surface area contributed by atoms with Crippen LogP contribution in [0.15, 0.2) is 48.5 Å². The summed E-state index contributed by atoms with van der Waals surface area (Å²) in [5.41, 5.74) is 7.55. The lowest BCUT2D eigenvalue weighted by Crippen LogP contribution is -2.32. The first-order valence-electron chi connectivity index (χ1n) is 7.94. The number of nitrogens with two attached hydrogens (primary N) is 1. The molecule has 1 atom stereocenters. The van der Waals surface area contributed by atoms with Crippen molar-refractivity contribution in [1.29, 1.82) is 0 Å². The van der Waals surface area contributed by atoms with Crippen LogP contribution in [-0.4, -0.2) is 25.7 Å². The van der Waals surface area contributed by atoms with Gasteiger partial charge in [0.1, 0.15) is 11.5 Å². The summed E-state index contributed by atoms with van der Waals surface area (Å²) in [6, 6.07) is 15.5. The van der Waals surface area contributed by atoms with Gasteiger partial charge in [0.05, 0.1) is 12.5 Å². The molecule has 25 heavy (non-hydrogen) atoms. The van der Waals surface area contributed by atoms with Gasteiger partial charge in [0.15, 0.2) is 0 Å². The van der Waals surface area contributed by atoms with E-state index in [9.17, 15) is 4.79 Å². The molecule has 1 unspecified atom stereocenters. The smallest absolute Gasteiger partial charge is 0.222 e. The van der Waals surface area contributed by atoms with Gasteiger partial charge in [0.2, 0.25) is 5.91 Å². The molecule has 6 heteroatoms. The fourth-order valence-electron chi connectivity index (χ4n) is 2.25. The van der Waals surface area contributed by atoms with Crippen molar-refractivity contribution in [2.45, 2.75) is 26.0 Å². The molecule has 136 valence electrons. The van der Waals surface area contributed by atoms with Crippen LogP contribution in [0.5, 0.6) is 11.5 Å². The summed E-state index contributed by atoms with van der Waals surface area (Å²) >= 11 is 0. The zero-order valence-electron chi connectivity index (χ0n) is 14.5. The van der Waals surface area contributed by atoms with E-state index >= 15 is 0 Å². The Kier molecular flexibility index (Phi) is 8.99. The minimum atomic E-state index is -0.261. The molecular weight excluding hydrogens is 340 g/mol. The number of aryl methyl sites for hydroxylation is 1. The van der Waals surface area contributed by atoms with E-state index in [4.69, 9.17) is 15.2 Å². The molecule has 3 N–H and O–H groups in total. The fraction of sp³-hybridized carbons (Fsp3) is 0.316. The molecule has 0 aliphatic rings. The van der Waals surface area contributed by atoms with Crippen molar-refractivity contribution in [3.63, 3.8) is 0 Å². The highest BCUT2D eigenvalue weighted by molar-refractivity contribution is 5.85. The van der Waals surface area contributed by atoms with Crippen LogP contribution in [0.1, 0.15) is 17.5 Å². The number of para-hydroxylation sites is 1. The Balaban J connectivity index is 0.00000312. The number of nitrogens with one attached hydrogen (secondary N) is 1. The monoisotopic (exact) mass is 364 g/mol. The predicted molar refractivity (Wildman–Crippen MR) is 101 cm³/mol. The number of benzene rings is 2. The van der Waals surface area contributed by atoms with Crippen LogP contribution < -0.4 is 15.8 Å². The quantitative estimate of drug-likeness (QED) is 0.754. The Bertz CT molecular complexity index is 661. The Labute approximate surface area is 154 Å². The second-order valence-corrected chi connectivity index (χ2v) is 5.60. The summed E-state index contributed by atoms with van der Waals surface area (Å²) in [6.45, 7) is 2.71. The van der Waals surface area contributed by atoms with Crippen molar-refractivity contribution in [1.82, 2.24) is 5.32 Å². The number of amides is 1. The lowest BCUT2D eigenvalue weighted by Gasteiger charge is -2.15. The average Bonchev–Trinajstić information content (AvgIpc) is 2.60. The van der Waals surface area contributed by atoms with Gasteiger partial charge < -0.3 is 20.5 Å². The molecule has 0 saturated heterocycles. The number of halogens is 1. The summed E-state index contributed by atoms with van der Waals surface area (Å²) in [5, 5.41) is 2.89. The molecule has 2 rings (SSSR count). The molecular formula is C19H25ClN2O3. The van der Waals surface area contributed by atoms with Crippen molar-refractivity contribution < 1.29 is 14.3 Å². The maximum Gasteiger partial charge on any atom is 0.222 e. The first-order chi connectivity index (χ1) is 11.6. The molecule has 0 radical (unpaired) electrons. The van der Waals surface area contributed by atoms with Gasteiger partial charge in [0.25, 0.3) is 0 Å². The molecule has 1 amide bonds. The lowest BCUT2D eigenvalue weighted by atomic mass is 10.1. The van der Waals surface area contributed by atoms with Gasteiger partial charge >= 0.3 is 0 Å². The van der Waals surface area contributed by atoms with Gasteiger partial charge in [-0.25, -0.2) is 0 Å². The standard InChI is InChI=1S/C19H24N2O3.ClH/c1-14-8-9-15(13-21-19(22)11-17(12-20)23-2)18(10-14)24-16-6-4-3-5-7-16;/h3-10,17H,11-13,20H2,1-2H3,(H,21,22);1H. The maximum atomic E-state index is 12.0. The maximum absolute atomic E-state index is 12.0. The molecule has 0 aliphatic carbocycles. The molecule has 0 bridgehead atoms. The van der Waals surface area contributed by atoms with Crippen LogP contribution in [-0.2, 0) is 16.1 Å². The van der Waals surface area contributed by atoms with Crippen molar-refractivity contribution in [3.05, 3.63) is 59.7 Å². The third kappa shape index (κ3) is 6.74. The van der Waals surface area contributed by atoms with Crippen LogP contribution in [0.3, 0.4) is 0 Å². The molecule has 0 spiro atoms. The number of hydrogen-bond acceptors (Lipinski definition) is 4. The summed E-state index contributed by atoms with van der Waals surface area (Å²) in [6.07, 6.45) is -0.0173. The van der Waals surface area contributed by atoms with Gasteiger partial charge in [-0.1, -0.05) is 30.3 Å². The zero-order chi connectivity index (χ0) is 17.4. The molecule has 0 aliphatic heterocycles. The SMILES string of the molecule is COC(CN)CC(=O)NCc1ccc(C)cc1Oc1ccccc1.Cl. The molecule has 2 aromatic carbocycles. The lowest BCUT2D eigenvalue weighted by molar-refractivity contribution is -0.123. The van der Waals surface area contributed by atoms with Gasteiger partial charge in [-0.05, 0) is 30.7 Å². The van der Waals surface area contributed by atoms with E-state index < -0.39 is 0 Å². The van der Waals surface area contributed by atoms with E-state index in [0.717, 1.165) is 22.6 Å². The summed E-state index contributed by atoms with van der Waals surface area (Å²) in [7, 11) is 1.55. The third-order valence-corrected chi connectivity index (χ3v) is 3.68. The highest BCUT2D eigenvalue weighted by Crippen LogP contribution is 2.26. The van der Waals surface area contributed by atoms with Gasteiger partial charge in [-0.15, -0.1) is 12.4 Å². The normalized spacial score (nSPS) is 11.3. The number of rotatable bonds is 8. The van der Waals surface area contributed by atoms with Crippen LogP contribution in [0.25, 0.3) is 0 Å². The summed E-state index contributed by atoms with van der Waals surface area (Å²) in [5.74, 6) is 1.40. The molecule has 2 aromatic rings. The Hall–Kier alpha value is -2.08. The van der Waals surface area contributed by atoms with Gasteiger partial charge in [0, 0.05) is 25.8 Å². The van der Waals surface area contributed by atoms with Crippen LogP contribution in [0, 0.1) is 6.92 Å². The highest BCUT2D eigenvalue weighted by Gasteiger charge is 2.12. The molecule has 0 heterocycles. The molecule has 0 saturated carbocycles. The molecule has 5 nitrogen and oxygen atoms in total. The van der Waals surface area contributed by atoms with E-state index in [2.05, 4.69) is 5.32 Å². The van der Waals surface area contributed by atoms with E-state index in [0.29, 0.717) is 13.1 Å². The number of hydrogen-bond donors (Lipinski definition) is 2. The van der Waals surface area contributed by atoms with Gasteiger partial charge in [-0.2, -0.15) is 0 Å². The molecule has 0 fully saturated rings. The largest absolute Gasteiger partial charge is 0.457 e. The first kappa shape index (κ1) is 21.0. The Morgan fingerprint density at radius 1 is 1.20 bits per heavy atom. The van der Waals surface area contributed by atoms with Crippen LogP contribution in [0.2, 0.25) is 0 Å². The van der Waals surface area contributed by atoms with Crippen molar-refractivity contribution in [2.24, 2.45) is 5.73 Å². The second-order valence-electron chi connectivity index (χ2n) is 5.60. The van der Waals surface area contributed by atoms with Crippen molar-refractivity contribution >= 4 is 18.3 Å². The third-order valence-electron chi connectivity index (χ3n) is 3.68. The van der Waals surface area contributed by atoms with E-state index in [1.807, 2.05) is 55.5 Å². The van der Waals surface area contributed by atoms with E-state index in [-0.39, 0.29) is 30.8 Å². The van der Waals surface area contributed by atoms with Crippen LogP contribution in [0.4, 0.5) is 0 Å². The summed E-state index contributed by atoms with van der Waals surface area (Å²) < 4.78 is 11.1. The van der Waals surface area contributed by atoms with E-state index in [1.165, 1.54) is 0 Å². The van der Waals surface area contributed by atoms with E-state index in [1.54, 1.807) is 7.11 Å². The minimum absolute atomic E-state index is 0. The highest BCUT2D eigenvalue weighted by atomic mass is 35.5. The fourth-order valence-corrected chi connectivity index (χ4v) is 2.25. The Morgan fingerprint density at radius 2 is 1.92 bits per heavy atom. The van der Waals surface area contributed by atoms with Crippen molar-refractivity contribution in [3.8, 4) is 11.5 Å². The number of methoxy groups -OCH3 is 1. The first-order valence-corrected chi connectivity index (χ1v) is 7.94. The molecule has 0 aromatic heterocycles. The number of ether oxygens (including phenoxy) is 2.